The highest BCUT2D eigenvalue weighted by molar-refractivity contribution is 6.31. The first-order valence-electron chi connectivity index (χ1n) is 17.1. The van der Waals surface area contributed by atoms with Gasteiger partial charge in [0.05, 0.1) is 5.41 Å². The Morgan fingerprint density at radius 3 is 1.96 bits per heavy atom. The van der Waals surface area contributed by atoms with Gasteiger partial charge in [0, 0.05) is 33.8 Å². The summed E-state index contributed by atoms with van der Waals surface area (Å²) >= 11 is 6.49. The summed E-state index contributed by atoms with van der Waals surface area (Å²) in [5.41, 5.74) is 15.1. The van der Waals surface area contributed by atoms with Crippen molar-refractivity contribution in [2.75, 3.05) is 13.1 Å². The van der Waals surface area contributed by atoms with Crippen LogP contribution in [-0.4, -0.2) is 50.3 Å². The molecule has 5 N–H and O–H groups in total. The normalized spacial score (nSPS) is 14.8. The van der Waals surface area contributed by atoms with Crippen LogP contribution in [0.5, 0.6) is 0 Å². The van der Waals surface area contributed by atoms with Gasteiger partial charge in [-0.1, -0.05) is 91.3 Å². The quantitative estimate of drug-likeness (QED) is 0.159. The Bertz CT molecular complexity index is 1570. The molecule has 1 saturated heterocycles. The van der Waals surface area contributed by atoms with E-state index in [1.807, 2.05) is 102 Å². The topological polar surface area (TPSA) is 132 Å². The number of nitrogens with zero attached hydrogens (tertiary/aromatic N) is 3. The maximum Gasteiger partial charge on any atom is 0.310 e. The first-order valence-corrected chi connectivity index (χ1v) is 17.5. The van der Waals surface area contributed by atoms with Crippen molar-refractivity contribution in [3.63, 3.8) is 0 Å². The van der Waals surface area contributed by atoms with E-state index in [0.717, 1.165) is 48.3 Å². The van der Waals surface area contributed by atoms with E-state index in [9.17, 15) is 9.90 Å². The van der Waals surface area contributed by atoms with Crippen LogP contribution < -0.4 is 11.5 Å². The number of carboxylic acid groups (broad SMARTS) is 1. The number of rotatable bonds is 9. The summed E-state index contributed by atoms with van der Waals surface area (Å²) in [6, 6.07) is 24.0. The maximum atomic E-state index is 12.2. The van der Waals surface area contributed by atoms with Crippen LogP contribution in [0.3, 0.4) is 0 Å². The summed E-state index contributed by atoms with van der Waals surface area (Å²) in [4.78, 5) is 19.2. The number of piperidine rings is 1. The predicted molar refractivity (Wildman–Crippen MR) is 201 cm³/mol. The van der Waals surface area contributed by atoms with Crippen molar-refractivity contribution < 1.29 is 14.4 Å². The summed E-state index contributed by atoms with van der Waals surface area (Å²) in [5.74, 6) is 0.810. The molecule has 1 fully saturated rings. The van der Waals surface area contributed by atoms with Gasteiger partial charge in [-0.2, -0.15) is 4.98 Å². The van der Waals surface area contributed by atoms with Crippen LogP contribution in [0.2, 0.25) is 5.02 Å². The van der Waals surface area contributed by atoms with Crippen LogP contribution in [0, 0.1) is 11.3 Å². The van der Waals surface area contributed by atoms with Gasteiger partial charge >= 0.3 is 5.97 Å². The average Bonchev–Trinajstić information content (AvgIpc) is 3.49. The molecule has 1 aromatic heterocycles. The third kappa shape index (κ3) is 14.1. The van der Waals surface area contributed by atoms with E-state index in [4.69, 9.17) is 27.6 Å². The zero-order chi connectivity index (χ0) is 36.4. The van der Waals surface area contributed by atoms with Gasteiger partial charge in [-0.15, -0.1) is 0 Å². The molecule has 5 rings (SSSR count). The first kappa shape index (κ1) is 39.9. The van der Waals surface area contributed by atoms with Gasteiger partial charge in [-0.05, 0) is 115 Å². The lowest BCUT2D eigenvalue weighted by molar-refractivity contribution is -0.152. The number of carbonyl (C=O) groups is 1. The fourth-order valence-corrected chi connectivity index (χ4v) is 5.61. The van der Waals surface area contributed by atoms with Crippen molar-refractivity contribution in [3.05, 3.63) is 94.5 Å². The van der Waals surface area contributed by atoms with Crippen LogP contribution in [-0.2, 0) is 24.2 Å². The molecule has 0 saturated carbocycles. The van der Waals surface area contributed by atoms with E-state index in [0.29, 0.717) is 41.9 Å². The third-order valence-electron chi connectivity index (χ3n) is 7.62. The number of hydrogen-bond donors (Lipinski definition) is 3. The maximum absolute atomic E-state index is 12.2. The molecular formula is C40H56ClN5O3. The Kier molecular flexibility index (Phi) is 14.2. The predicted octanol–water partition coefficient (Wildman–Crippen LogP) is 8.65. The second-order valence-corrected chi connectivity index (χ2v) is 16.2. The summed E-state index contributed by atoms with van der Waals surface area (Å²) < 4.78 is 5.54. The average molecular weight is 690 g/mol. The van der Waals surface area contributed by atoms with Gasteiger partial charge in [-0.25, -0.2) is 0 Å². The van der Waals surface area contributed by atoms with E-state index in [2.05, 4.69) is 41.0 Å². The first-order chi connectivity index (χ1) is 22.8. The zero-order valence-electron chi connectivity index (χ0n) is 30.6. The number of aliphatic carboxylic acids is 1. The molecule has 2 heterocycles. The summed E-state index contributed by atoms with van der Waals surface area (Å²) in [6.45, 7) is 18.4. The highest BCUT2D eigenvalue weighted by Crippen LogP contribution is 2.36. The number of benzene rings is 3. The minimum Gasteiger partial charge on any atom is -0.481 e. The van der Waals surface area contributed by atoms with Crippen LogP contribution >= 0.6 is 11.6 Å². The molecule has 9 heteroatoms. The molecule has 49 heavy (non-hydrogen) atoms. The van der Waals surface area contributed by atoms with Crippen molar-refractivity contribution >= 4 is 17.6 Å². The Balaban J connectivity index is 0.000000571. The Morgan fingerprint density at radius 2 is 1.45 bits per heavy atom. The molecule has 0 bridgehead atoms. The third-order valence-corrected chi connectivity index (χ3v) is 7.98. The molecule has 0 spiro atoms. The van der Waals surface area contributed by atoms with Crippen molar-refractivity contribution in [1.82, 2.24) is 15.0 Å². The van der Waals surface area contributed by atoms with E-state index >= 15 is 0 Å². The largest absolute Gasteiger partial charge is 0.481 e. The lowest BCUT2D eigenvalue weighted by Crippen LogP contribution is -2.45. The van der Waals surface area contributed by atoms with Gasteiger partial charge < -0.3 is 21.1 Å². The zero-order valence-corrected chi connectivity index (χ0v) is 31.3. The Labute approximate surface area is 298 Å². The van der Waals surface area contributed by atoms with Crippen LogP contribution in [0.1, 0.15) is 84.9 Å². The number of nitrogens with two attached hydrogens (primary N) is 2. The van der Waals surface area contributed by atoms with Crippen LogP contribution in [0.4, 0.5) is 0 Å². The fraction of sp³-hybridized carbons (Fsp3) is 0.475. The van der Waals surface area contributed by atoms with Crippen LogP contribution in [0.15, 0.2) is 77.3 Å². The van der Waals surface area contributed by atoms with Gasteiger partial charge in [0.25, 0.3) is 5.89 Å². The van der Waals surface area contributed by atoms with Gasteiger partial charge in [0.1, 0.15) is 0 Å². The highest BCUT2D eigenvalue weighted by Gasteiger charge is 2.41. The summed E-state index contributed by atoms with van der Waals surface area (Å²) in [6.07, 6.45) is 2.78. The van der Waals surface area contributed by atoms with Crippen molar-refractivity contribution in [1.29, 1.82) is 0 Å². The number of carboxylic acids is 1. The van der Waals surface area contributed by atoms with E-state index in [-0.39, 0.29) is 11.1 Å². The molecule has 0 aliphatic carbocycles. The lowest BCUT2D eigenvalue weighted by Gasteiger charge is -2.39. The molecule has 0 amide bonds. The van der Waals surface area contributed by atoms with Gasteiger partial charge in [0.15, 0.2) is 0 Å². The molecule has 0 radical (unpaired) electrons. The second-order valence-electron chi connectivity index (χ2n) is 15.8. The molecule has 0 unspecified atom stereocenters. The fourth-order valence-electron chi connectivity index (χ4n) is 5.35. The van der Waals surface area contributed by atoms with E-state index in [1.54, 1.807) is 0 Å². The standard InChI is InChI=1S/C32H34ClN3O3.2C4H11N/c1-22(2)18-26-12-13-27(19-28(26)33)30-34-29(35-39-30)25-10-8-24(9-11-25)21-36-16-14-32(15-17-36,31(37)38)20-23-6-4-3-5-7-23;2*1-4(2,3)5/h3-13,19,22H,14-18,20-21H2,1-2H3,(H,37,38);2*5H2,1-3H3. The monoisotopic (exact) mass is 689 g/mol. The van der Waals surface area contributed by atoms with Gasteiger partial charge in [0.2, 0.25) is 5.82 Å². The molecular weight excluding hydrogens is 634 g/mol. The van der Waals surface area contributed by atoms with Crippen molar-refractivity contribution in [2.45, 2.75) is 98.7 Å². The van der Waals surface area contributed by atoms with Crippen molar-refractivity contribution in [3.8, 4) is 22.8 Å². The molecule has 8 nitrogen and oxygen atoms in total. The highest BCUT2D eigenvalue weighted by atomic mass is 35.5. The Morgan fingerprint density at radius 1 is 0.898 bits per heavy atom. The minimum absolute atomic E-state index is 0. The lowest BCUT2D eigenvalue weighted by atomic mass is 9.74. The Hall–Kier alpha value is -3.56. The number of halogens is 1. The summed E-state index contributed by atoms with van der Waals surface area (Å²) in [7, 11) is 0. The minimum atomic E-state index is -0.697. The molecule has 0 atom stereocenters. The van der Waals surface area contributed by atoms with Crippen LogP contribution in [0.25, 0.3) is 22.8 Å². The SMILES string of the molecule is CC(C)(C)N.CC(C)(C)N.CC(C)Cc1ccc(-c2nc(-c3ccc(CN4CCC(Cc5ccccc5)(C(=O)O)CC4)cc3)no2)cc1Cl. The number of aromatic nitrogens is 2. The second kappa shape index (κ2) is 17.4. The van der Waals surface area contributed by atoms with Crippen molar-refractivity contribution in [2.24, 2.45) is 22.8 Å². The number of likely N-dealkylation sites (tertiary alicyclic amines) is 1. The summed E-state index contributed by atoms with van der Waals surface area (Å²) in [5, 5.41) is 14.9. The van der Waals surface area contributed by atoms with E-state index < -0.39 is 11.4 Å². The molecule has 4 aromatic rings. The molecule has 1 aliphatic heterocycles. The molecule has 1 aliphatic rings. The smallest absolute Gasteiger partial charge is 0.310 e. The van der Waals surface area contributed by atoms with E-state index in [1.165, 1.54) is 5.56 Å². The number of hydrogen-bond acceptors (Lipinski definition) is 7. The molecule has 3 aromatic carbocycles. The van der Waals surface area contributed by atoms with Gasteiger partial charge in [-0.3, -0.25) is 9.69 Å². The molecule has 266 valence electrons.